The van der Waals surface area contributed by atoms with Crippen molar-refractivity contribution in [2.24, 2.45) is 0 Å². The molecule has 1 fully saturated rings. The molecule has 4 aromatic carbocycles. The fourth-order valence-electron chi connectivity index (χ4n) is 6.06. The van der Waals surface area contributed by atoms with Crippen molar-refractivity contribution in [3.05, 3.63) is 144 Å². The van der Waals surface area contributed by atoms with E-state index in [0.29, 0.717) is 24.3 Å². The van der Waals surface area contributed by atoms with Gasteiger partial charge in [0.25, 0.3) is 0 Å². The molecular formula is C41H41F2N3O8S. The molecule has 2 aliphatic rings. The summed E-state index contributed by atoms with van der Waals surface area (Å²) >= 11 is 1.86. The molecule has 2 heterocycles. The van der Waals surface area contributed by atoms with E-state index in [-0.39, 0.29) is 17.7 Å². The summed E-state index contributed by atoms with van der Waals surface area (Å²) in [6.45, 7) is 5.91. The fourth-order valence-corrected chi connectivity index (χ4v) is 7.16. The normalized spacial score (nSPS) is 14.0. The van der Waals surface area contributed by atoms with Gasteiger partial charge in [0.05, 0.1) is 17.4 Å². The van der Waals surface area contributed by atoms with Crippen LogP contribution in [0.5, 0.6) is 0 Å². The van der Waals surface area contributed by atoms with E-state index in [9.17, 15) is 28.0 Å². The third-order valence-electron chi connectivity index (χ3n) is 8.52. The van der Waals surface area contributed by atoms with Gasteiger partial charge in [-0.05, 0) is 79.0 Å². The zero-order valence-corrected chi connectivity index (χ0v) is 30.5. The monoisotopic (exact) mass is 773 g/mol. The number of carboxylic acids is 4. The second-order valence-corrected chi connectivity index (χ2v) is 13.4. The predicted octanol–water partition coefficient (Wildman–Crippen LogP) is 7.18. The Morgan fingerprint density at radius 2 is 0.945 bits per heavy atom. The van der Waals surface area contributed by atoms with Crippen molar-refractivity contribution in [2.75, 3.05) is 44.2 Å². The van der Waals surface area contributed by atoms with Gasteiger partial charge >= 0.3 is 23.9 Å². The van der Waals surface area contributed by atoms with Crippen LogP contribution in [0.3, 0.4) is 0 Å². The smallest absolute Gasteiger partial charge is 0.328 e. The second-order valence-electron chi connectivity index (χ2n) is 12.3. The minimum Gasteiger partial charge on any atom is -0.478 e. The summed E-state index contributed by atoms with van der Waals surface area (Å²) in [5.41, 5.74) is 4.69. The number of piperazine rings is 1. The Morgan fingerprint density at radius 1 is 0.564 bits per heavy atom. The van der Waals surface area contributed by atoms with Crippen LogP contribution in [0.15, 0.2) is 131 Å². The van der Waals surface area contributed by atoms with Gasteiger partial charge in [-0.2, -0.15) is 0 Å². The van der Waals surface area contributed by atoms with Gasteiger partial charge in [-0.3, -0.25) is 4.90 Å². The standard InChI is InChI=1S/C33H33F2N3S.2C4H4O4/c34-27-15-11-25(12-16-27)33(26-13-17-28(35)18-14-26)37-23-21-36(22-24-37)19-5-6-20-38-29-7-1-3-9-31(29)39-32-10-4-2-8-30(32)38;2*5-3(6)1-2-4(7)8/h1-4,7-18,33H,5-6,19-24H2;2*1-2H,(H,5,6)(H,7,8)/b;2*2-1-. The predicted molar refractivity (Wildman–Crippen MR) is 205 cm³/mol. The molecule has 0 bridgehead atoms. The number of rotatable bonds is 12. The maximum Gasteiger partial charge on any atom is 0.328 e. The van der Waals surface area contributed by atoms with Gasteiger partial charge in [0.15, 0.2) is 0 Å². The van der Waals surface area contributed by atoms with E-state index in [2.05, 4.69) is 63.2 Å². The topological polar surface area (TPSA) is 159 Å². The van der Waals surface area contributed by atoms with Crippen molar-refractivity contribution in [1.29, 1.82) is 0 Å². The van der Waals surface area contributed by atoms with Crippen LogP contribution in [-0.4, -0.2) is 93.4 Å². The van der Waals surface area contributed by atoms with Crippen LogP contribution >= 0.6 is 11.8 Å². The van der Waals surface area contributed by atoms with Crippen molar-refractivity contribution in [3.8, 4) is 0 Å². The number of nitrogens with zero attached hydrogens (tertiary/aromatic N) is 3. The van der Waals surface area contributed by atoms with Crippen LogP contribution in [0.4, 0.5) is 20.2 Å². The lowest BCUT2D eigenvalue weighted by atomic mass is 9.96. The molecule has 6 rings (SSSR count). The Labute approximate surface area is 321 Å². The van der Waals surface area contributed by atoms with E-state index >= 15 is 0 Å². The Bertz CT molecular complexity index is 1810. The third-order valence-corrected chi connectivity index (χ3v) is 9.65. The molecule has 0 spiro atoms. The third kappa shape index (κ3) is 13.5. The average molecular weight is 774 g/mol. The number of halogens is 2. The van der Waals surface area contributed by atoms with E-state index in [1.807, 2.05) is 36.0 Å². The summed E-state index contributed by atoms with van der Waals surface area (Å²) < 4.78 is 27.3. The van der Waals surface area contributed by atoms with E-state index in [1.165, 1.54) is 45.4 Å². The lowest BCUT2D eigenvalue weighted by Crippen LogP contribution is -2.48. The Morgan fingerprint density at radius 3 is 1.35 bits per heavy atom. The summed E-state index contributed by atoms with van der Waals surface area (Å²) in [6.07, 6.45) is 4.50. The second kappa shape index (κ2) is 21.2. The lowest BCUT2D eigenvalue weighted by molar-refractivity contribution is -0.134. The molecule has 0 amide bonds. The molecule has 11 nitrogen and oxygen atoms in total. The summed E-state index contributed by atoms with van der Waals surface area (Å²) in [7, 11) is 0. The van der Waals surface area contributed by atoms with Crippen LogP contribution in [0.2, 0.25) is 0 Å². The van der Waals surface area contributed by atoms with Crippen molar-refractivity contribution >= 4 is 47.0 Å². The highest BCUT2D eigenvalue weighted by Crippen LogP contribution is 2.47. The number of benzene rings is 4. The van der Waals surface area contributed by atoms with Gasteiger partial charge in [-0.1, -0.05) is 60.3 Å². The number of fused-ring (bicyclic) bond motifs is 2. The first kappa shape index (κ1) is 41.9. The molecule has 1 saturated heterocycles. The first-order valence-corrected chi connectivity index (χ1v) is 18.1. The molecule has 0 aromatic heterocycles. The molecule has 0 unspecified atom stereocenters. The number of anilines is 2. The van der Waals surface area contributed by atoms with Crippen molar-refractivity contribution < 1.29 is 48.4 Å². The number of carbonyl (C=O) groups is 4. The first-order valence-electron chi connectivity index (χ1n) is 17.3. The van der Waals surface area contributed by atoms with E-state index in [4.69, 9.17) is 20.4 Å². The van der Waals surface area contributed by atoms with Gasteiger partial charge < -0.3 is 30.2 Å². The Hall–Kier alpha value is -5.83. The highest BCUT2D eigenvalue weighted by Gasteiger charge is 2.27. The van der Waals surface area contributed by atoms with E-state index in [0.717, 1.165) is 63.2 Å². The van der Waals surface area contributed by atoms with Crippen LogP contribution in [0.1, 0.15) is 30.0 Å². The van der Waals surface area contributed by atoms with Crippen LogP contribution in [0.25, 0.3) is 0 Å². The molecule has 14 heteroatoms. The highest BCUT2D eigenvalue weighted by atomic mass is 32.2. The maximum absolute atomic E-state index is 13.6. The van der Waals surface area contributed by atoms with Crippen LogP contribution in [0, 0.1) is 11.6 Å². The van der Waals surface area contributed by atoms with Crippen molar-refractivity contribution in [3.63, 3.8) is 0 Å². The summed E-state index contributed by atoms with van der Waals surface area (Å²) in [5, 5.41) is 31.2. The van der Waals surface area contributed by atoms with E-state index in [1.54, 1.807) is 0 Å². The Kier molecular flexibility index (Phi) is 16.1. The molecule has 2 aliphatic heterocycles. The number of para-hydroxylation sites is 2. The molecule has 4 N–H and O–H groups in total. The minimum atomic E-state index is -1.26. The summed E-state index contributed by atoms with van der Waals surface area (Å²) in [6, 6.07) is 30.9. The van der Waals surface area contributed by atoms with Gasteiger partial charge in [-0.15, -0.1) is 0 Å². The van der Waals surface area contributed by atoms with Crippen LogP contribution < -0.4 is 4.90 Å². The van der Waals surface area contributed by atoms with Crippen molar-refractivity contribution in [2.45, 2.75) is 28.7 Å². The molecule has 0 radical (unpaired) electrons. The number of unbranched alkanes of at least 4 members (excludes halogenated alkanes) is 1. The molecule has 55 heavy (non-hydrogen) atoms. The highest BCUT2D eigenvalue weighted by molar-refractivity contribution is 7.99. The molecule has 0 atom stereocenters. The maximum atomic E-state index is 13.6. The summed E-state index contributed by atoms with van der Waals surface area (Å²) in [5.74, 6) is -5.51. The molecule has 0 saturated carbocycles. The SMILES string of the molecule is Fc1ccc(C(c2ccc(F)cc2)N2CCN(CCCCN3c4ccccc4Sc4ccccc43)CC2)cc1.O=C(O)/C=C\C(=O)O.O=C(O)/C=C\C(=O)O. The van der Waals surface area contributed by atoms with E-state index < -0.39 is 23.9 Å². The van der Waals surface area contributed by atoms with Gasteiger partial charge in [0, 0.05) is 66.8 Å². The number of aliphatic carboxylic acids is 4. The zero-order chi connectivity index (χ0) is 39.7. The number of hydrogen-bond acceptors (Lipinski definition) is 8. The quantitative estimate of drug-likeness (QED) is 0.0851. The molecular weight excluding hydrogens is 733 g/mol. The first-order chi connectivity index (χ1) is 26.4. The largest absolute Gasteiger partial charge is 0.478 e. The van der Waals surface area contributed by atoms with Crippen molar-refractivity contribution in [1.82, 2.24) is 9.80 Å². The molecule has 4 aromatic rings. The van der Waals surface area contributed by atoms with Gasteiger partial charge in [-0.25, -0.2) is 28.0 Å². The lowest BCUT2D eigenvalue weighted by Gasteiger charge is -2.40. The minimum absolute atomic E-state index is 0.00884. The molecule has 288 valence electrons. The Balaban J connectivity index is 0.000000354. The number of hydrogen-bond donors (Lipinski definition) is 4. The fraction of sp³-hybridized carbons (Fsp3) is 0.220. The van der Waals surface area contributed by atoms with Crippen LogP contribution in [-0.2, 0) is 19.2 Å². The summed E-state index contributed by atoms with van der Waals surface area (Å²) in [4.78, 5) is 48.3. The van der Waals surface area contributed by atoms with Gasteiger partial charge in [0.2, 0.25) is 0 Å². The average Bonchev–Trinajstić information content (AvgIpc) is 3.17. The molecule has 0 aliphatic carbocycles. The van der Waals surface area contributed by atoms with Gasteiger partial charge in [0.1, 0.15) is 11.6 Å². The number of carboxylic acid groups (broad SMARTS) is 4. The zero-order valence-electron chi connectivity index (χ0n) is 29.7.